The number of hydrogen-bond donors (Lipinski definition) is 1. The lowest BCUT2D eigenvalue weighted by molar-refractivity contribution is -0.111. The summed E-state index contributed by atoms with van der Waals surface area (Å²) in [5, 5.41) is 4.01. The molecule has 2 bridgehead atoms. The first-order valence-electron chi connectivity index (χ1n) is 16.4. The fraction of sp³-hybridized carbons (Fsp3) is 0.342. The number of ether oxygens (including phenoxy) is 1. The van der Waals surface area contributed by atoms with Crippen LogP contribution in [0.15, 0.2) is 73.3 Å². The summed E-state index contributed by atoms with van der Waals surface area (Å²) < 4.78 is 10.4. The zero-order chi connectivity index (χ0) is 31.7. The zero-order valence-corrected chi connectivity index (χ0v) is 26.6. The fourth-order valence-electron chi connectivity index (χ4n) is 7.87. The van der Waals surface area contributed by atoms with Gasteiger partial charge in [-0.1, -0.05) is 37.8 Å². The molecule has 1 N–H and O–H groups in total. The first-order valence-corrected chi connectivity index (χ1v) is 16.4. The van der Waals surface area contributed by atoms with Crippen LogP contribution < -0.4 is 10.1 Å². The van der Waals surface area contributed by atoms with E-state index in [4.69, 9.17) is 9.72 Å². The number of nitrogens with one attached hydrogen (secondary N) is 1. The van der Waals surface area contributed by atoms with Crippen molar-refractivity contribution in [2.75, 3.05) is 19.0 Å². The smallest absolute Gasteiger partial charge is 0.254 e. The van der Waals surface area contributed by atoms with E-state index >= 15 is 0 Å². The van der Waals surface area contributed by atoms with Gasteiger partial charge >= 0.3 is 0 Å². The van der Waals surface area contributed by atoms with Gasteiger partial charge in [-0.2, -0.15) is 0 Å². The highest BCUT2D eigenvalue weighted by atomic mass is 16.5. The normalized spacial score (nSPS) is 20.5. The molecule has 3 aromatic carbocycles. The number of aromatic nitrogens is 3. The van der Waals surface area contributed by atoms with Crippen molar-refractivity contribution in [1.82, 2.24) is 19.0 Å². The van der Waals surface area contributed by atoms with Gasteiger partial charge in [0.1, 0.15) is 11.3 Å². The number of benzene rings is 3. The highest BCUT2D eigenvalue weighted by Crippen LogP contribution is 2.44. The fourth-order valence-corrected chi connectivity index (χ4v) is 7.87. The minimum atomic E-state index is -0.233. The number of methoxy groups -OCH3 is 1. The number of rotatable bonds is 8. The predicted molar refractivity (Wildman–Crippen MR) is 182 cm³/mol. The molecule has 3 fully saturated rings. The Morgan fingerprint density at radius 3 is 2.59 bits per heavy atom. The van der Waals surface area contributed by atoms with E-state index in [1.165, 1.54) is 25.3 Å². The molecule has 3 heterocycles. The lowest BCUT2D eigenvalue weighted by Crippen LogP contribution is -2.38. The van der Waals surface area contributed by atoms with Crippen molar-refractivity contribution in [3.63, 3.8) is 0 Å². The number of likely N-dealkylation sites (tertiary alicyclic amines) is 1. The van der Waals surface area contributed by atoms with E-state index in [2.05, 4.69) is 63.2 Å². The number of aryl methyl sites for hydroxylation is 1. The molecule has 0 radical (unpaired) electrons. The van der Waals surface area contributed by atoms with Gasteiger partial charge in [0.25, 0.3) is 5.91 Å². The summed E-state index contributed by atoms with van der Waals surface area (Å²) in [5.74, 6) is 3.17. The third-order valence-corrected chi connectivity index (χ3v) is 10.6. The molecule has 2 aliphatic carbocycles. The van der Waals surface area contributed by atoms with E-state index in [-0.39, 0.29) is 11.8 Å². The molecule has 2 amide bonds. The Balaban J connectivity index is 1.21. The summed E-state index contributed by atoms with van der Waals surface area (Å²) in [6.45, 7) is 7.60. The number of carbonyl (C=O) groups excluding carboxylic acids is 2. The summed E-state index contributed by atoms with van der Waals surface area (Å²) in [7, 11) is 3.70. The molecule has 3 aliphatic rings. The van der Waals surface area contributed by atoms with Crippen molar-refractivity contribution in [2.45, 2.75) is 45.2 Å². The van der Waals surface area contributed by atoms with E-state index in [0.29, 0.717) is 35.1 Å². The van der Waals surface area contributed by atoms with Gasteiger partial charge in [-0.05, 0) is 97.0 Å². The van der Waals surface area contributed by atoms with Gasteiger partial charge in [0, 0.05) is 48.3 Å². The molecule has 2 aromatic heterocycles. The summed E-state index contributed by atoms with van der Waals surface area (Å²) >= 11 is 0. The van der Waals surface area contributed by atoms with Crippen LogP contribution in [0.25, 0.3) is 44.6 Å². The second-order valence-corrected chi connectivity index (χ2v) is 13.4. The molecule has 2 saturated carbocycles. The van der Waals surface area contributed by atoms with Gasteiger partial charge in [0.05, 0.1) is 18.3 Å². The number of hydrogen-bond acceptors (Lipinski definition) is 4. The molecule has 8 nitrogen and oxygen atoms in total. The highest BCUT2D eigenvalue weighted by Gasteiger charge is 2.46. The molecule has 8 rings (SSSR count). The Morgan fingerprint density at radius 2 is 1.87 bits per heavy atom. The molecular formula is C38H39N5O3. The minimum Gasteiger partial charge on any atom is -0.494 e. The van der Waals surface area contributed by atoms with E-state index in [1.54, 1.807) is 7.11 Å². The summed E-state index contributed by atoms with van der Waals surface area (Å²) in [5.41, 5.74) is 7.31. The first kappa shape index (κ1) is 28.6. The van der Waals surface area contributed by atoms with Crippen LogP contribution in [0.4, 0.5) is 5.69 Å². The van der Waals surface area contributed by atoms with Gasteiger partial charge in [-0.3, -0.25) is 9.59 Å². The molecule has 1 aliphatic heterocycles. The van der Waals surface area contributed by atoms with Crippen LogP contribution in [0.3, 0.4) is 0 Å². The molecule has 8 heteroatoms. The monoisotopic (exact) mass is 613 g/mol. The number of piperidine rings is 1. The zero-order valence-electron chi connectivity index (χ0n) is 26.6. The molecule has 0 spiro atoms. The quantitative estimate of drug-likeness (QED) is 0.187. The van der Waals surface area contributed by atoms with E-state index in [1.807, 2.05) is 37.4 Å². The Morgan fingerprint density at radius 1 is 1.04 bits per heavy atom. The first-order chi connectivity index (χ1) is 22.3. The van der Waals surface area contributed by atoms with Crippen LogP contribution in [0.5, 0.6) is 5.75 Å². The van der Waals surface area contributed by atoms with Crippen molar-refractivity contribution in [3.8, 4) is 28.4 Å². The summed E-state index contributed by atoms with van der Waals surface area (Å²) in [6.07, 6.45) is 6.04. The molecule has 234 valence electrons. The second kappa shape index (κ2) is 10.9. The molecule has 1 saturated heterocycles. The SMILES string of the molecule is C=CC(=O)Nc1cccc(-c2ccc3cc(-c4nc5cc(C(=O)N6CC7CCC6[C@@H]7C)cc(OC)c5n4C)n(CC4CC4)c3c2)c1. The topological polar surface area (TPSA) is 81.4 Å². The van der Waals surface area contributed by atoms with Crippen molar-refractivity contribution in [3.05, 3.63) is 78.9 Å². The molecule has 2 unspecified atom stereocenters. The minimum absolute atomic E-state index is 0.0787. The average Bonchev–Trinajstić information content (AvgIpc) is 3.47. The van der Waals surface area contributed by atoms with Crippen LogP contribution in [0, 0.1) is 17.8 Å². The van der Waals surface area contributed by atoms with Crippen molar-refractivity contribution in [1.29, 1.82) is 0 Å². The standard InChI is InChI=1S/C38H39N5O3/c1-5-35(44)39-29-8-6-7-24(15-29)25-11-12-26-18-33(42(32(26)17-25)20-23-9-10-23)37-40-30-16-28(19-34(46-4)36(30)41(37)3)38(45)43-21-27-13-14-31(43)22(27)2/h5-8,11-12,15-19,22-23,27,31H,1,9-10,13-14,20-21H2,2-4H3,(H,39,44)/t22-,27?,31?/m1/s1. The summed E-state index contributed by atoms with van der Waals surface area (Å²) in [6, 6.07) is 20.8. The lowest BCUT2D eigenvalue weighted by atomic mass is 10.0. The van der Waals surface area contributed by atoms with E-state index < -0.39 is 0 Å². The highest BCUT2D eigenvalue weighted by molar-refractivity contribution is 6.01. The lowest BCUT2D eigenvalue weighted by Gasteiger charge is -2.27. The third-order valence-electron chi connectivity index (χ3n) is 10.6. The van der Waals surface area contributed by atoms with Crippen LogP contribution in [0.2, 0.25) is 0 Å². The van der Waals surface area contributed by atoms with Gasteiger partial charge < -0.3 is 24.1 Å². The number of anilines is 1. The third kappa shape index (κ3) is 4.70. The van der Waals surface area contributed by atoms with Crippen molar-refractivity contribution in [2.24, 2.45) is 24.8 Å². The number of imidazole rings is 1. The maximum absolute atomic E-state index is 13.8. The van der Waals surface area contributed by atoms with Crippen molar-refractivity contribution < 1.29 is 14.3 Å². The van der Waals surface area contributed by atoms with Crippen LogP contribution in [0.1, 0.15) is 43.0 Å². The van der Waals surface area contributed by atoms with Crippen LogP contribution in [-0.2, 0) is 18.4 Å². The van der Waals surface area contributed by atoms with Gasteiger partial charge in [0.15, 0.2) is 5.82 Å². The second-order valence-electron chi connectivity index (χ2n) is 13.4. The Hall–Kier alpha value is -4.85. The Labute approximate surface area is 268 Å². The Kier molecular flexibility index (Phi) is 6.78. The molecule has 5 aromatic rings. The summed E-state index contributed by atoms with van der Waals surface area (Å²) in [4.78, 5) is 33.0. The largest absolute Gasteiger partial charge is 0.494 e. The maximum atomic E-state index is 13.8. The Bertz CT molecular complexity index is 2050. The van der Waals surface area contributed by atoms with Gasteiger partial charge in [0.2, 0.25) is 5.91 Å². The van der Waals surface area contributed by atoms with Crippen LogP contribution in [-0.4, -0.2) is 50.5 Å². The molecule has 3 atom stereocenters. The maximum Gasteiger partial charge on any atom is 0.254 e. The van der Waals surface area contributed by atoms with Gasteiger partial charge in [-0.15, -0.1) is 0 Å². The number of nitrogens with zero attached hydrogens (tertiary/aromatic N) is 4. The van der Waals surface area contributed by atoms with Crippen LogP contribution >= 0.6 is 0 Å². The van der Waals surface area contributed by atoms with E-state index in [0.717, 1.165) is 69.8 Å². The molecular weight excluding hydrogens is 574 g/mol. The number of fused-ring (bicyclic) bond motifs is 4. The number of amides is 2. The van der Waals surface area contributed by atoms with E-state index in [9.17, 15) is 9.59 Å². The predicted octanol–water partition coefficient (Wildman–Crippen LogP) is 7.28. The molecule has 46 heavy (non-hydrogen) atoms. The average molecular weight is 614 g/mol. The van der Waals surface area contributed by atoms with Crippen molar-refractivity contribution >= 4 is 39.4 Å². The number of carbonyl (C=O) groups is 2. The van der Waals surface area contributed by atoms with Gasteiger partial charge in [-0.25, -0.2) is 4.98 Å².